The van der Waals surface area contributed by atoms with E-state index in [2.05, 4.69) is 11.9 Å². The predicted molar refractivity (Wildman–Crippen MR) is 89.8 cm³/mol. The minimum Gasteiger partial charge on any atom is -0.445 e. The SMILES string of the molecule is C=CCOC(=O)N1CCN(C(=O)c2cccc(NC(C)=O)c2)CC1. The number of carbonyl (C=O) groups excluding carboxylic acids is 3. The molecular weight excluding hydrogens is 310 g/mol. The number of hydrogen-bond donors (Lipinski definition) is 1. The van der Waals surface area contributed by atoms with Crippen LogP contribution >= 0.6 is 0 Å². The molecule has 0 aromatic heterocycles. The van der Waals surface area contributed by atoms with Gasteiger partial charge < -0.3 is 19.9 Å². The fourth-order valence-electron chi connectivity index (χ4n) is 2.43. The quantitative estimate of drug-likeness (QED) is 0.852. The number of piperazine rings is 1. The Hall–Kier alpha value is -2.83. The van der Waals surface area contributed by atoms with E-state index in [0.29, 0.717) is 37.4 Å². The van der Waals surface area contributed by atoms with Gasteiger partial charge in [-0.1, -0.05) is 18.7 Å². The minimum absolute atomic E-state index is 0.124. The standard InChI is InChI=1S/C17H21N3O4/c1-3-11-24-17(23)20-9-7-19(8-10-20)16(22)14-5-4-6-15(12-14)18-13(2)21/h3-6,12H,1,7-11H2,2H3,(H,18,21). The van der Waals surface area contributed by atoms with Crippen LogP contribution in [0.4, 0.5) is 10.5 Å². The summed E-state index contributed by atoms with van der Waals surface area (Å²) >= 11 is 0. The van der Waals surface area contributed by atoms with Gasteiger partial charge in [0.05, 0.1) is 0 Å². The Morgan fingerprint density at radius 2 is 1.88 bits per heavy atom. The summed E-state index contributed by atoms with van der Waals surface area (Å²) in [6, 6.07) is 6.81. The lowest BCUT2D eigenvalue weighted by Crippen LogP contribution is -2.50. The second-order valence-corrected chi connectivity index (χ2v) is 5.41. The Morgan fingerprint density at radius 1 is 1.21 bits per heavy atom. The van der Waals surface area contributed by atoms with Crippen LogP contribution in [0.2, 0.25) is 0 Å². The summed E-state index contributed by atoms with van der Waals surface area (Å²) < 4.78 is 4.99. The van der Waals surface area contributed by atoms with E-state index in [1.807, 2.05) is 0 Å². The summed E-state index contributed by atoms with van der Waals surface area (Å²) in [6.45, 7) is 6.81. The summed E-state index contributed by atoms with van der Waals surface area (Å²) in [5, 5.41) is 2.66. The van der Waals surface area contributed by atoms with Gasteiger partial charge in [0.25, 0.3) is 5.91 Å². The summed E-state index contributed by atoms with van der Waals surface area (Å²) in [5.74, 6) is -0.312. The van der Waals surface area contributed by atoms with E-state index in [4.69, 9.17) is 4.74 Å². The summed E-state index contributed by atoms with van der Waals surface area (Å²) in [7, 11) is 0. The van der Waals surface area contributed by atoms with Crippen LogP contribution in [0.1, 0.15) is 17.3 Å². The van der Waals surface area contributed by atoms with Crippen molar-refractivity contribution in [3.63, 3.8) is 0 Å². The lowest BCUT2D eigenvalue weighted by molar-refractivity contribution is -0.114. The monoisotopic (exact) mass is 331 g/mol. The van der Waals surface area contributed by atoms with Gasteiger partial charge in [-0.15, -0.1) is 0 Å². The molecule has 3 amide bonds. The Bertz CT molecular complexity index is 636. The lowest BCUT2D eigenvalue weighted by atomic mass is 10.1. The molecule has 1 fully saturated rings. The molecule has 1 aliphatic heterocycles. The highest BCUT2D eigenvalue weighted by Crippen LogP contribution is 2.14. The molecule has 0 bridgehead atoms. The van der Waals surface area contributed by atoms with Crippen molar-refractivity contribution in [1.29, 1.82) is 0 Å². The van der Waals surface area contributed by atoms with Crippen LogP contribution in [0.3, 0.4) is 0 Å². The Labute approximate surface area is 140 Å². The van der Waals surface area contributed by atoms with Crippen molar-refractivity contribution < 1.29 is 19.1 Å². The van der Waals surface area contributed by atoms with Gasteiger partial charge in [0.15, 0.2) is 0 Å². The molecule has 0 saturated carbocycles. The second-order valence-electron chi connectivity index (χ2n) is 5.41. The molecule has 1 saturated heterocycles. The van der Waals surface area contributed by atoms with Crippen molar-refractivity contribution in [3.8, 4) is 0 Å². The van der Waals surface area contributed by atoms with Gasteiger partial charge >= 0.3 is 6.09 Å². The van der Waals surface area contributed by atoms with Crippen LogP contribution in [-0.2, 0) is 9.53 Å². The molecule has 1 N–H and O–H groups in total. The van der Waals surface area contributed by atoms with Crippen LogP contribution in [0, 0.1) is 0 Å². The van der Waals surface area contributed by atoms with E-state index in [9.17, 15) is 14.4 Å². The zero-order valence-corrected chi connectivity index (χ0v) is 13.7. The number of amides is 3. The zero-order chi connectivity index (χ0) is 17.5. The van der Waals surface area contributed by atoms with Crippen molar-refractivity contribution >= 4 is 23.6 Å². The normalized spacial score (nSPS) is 14.0. The number of nitrogens with zero attached hydrogens (tertiary/aromatic N) is 2. The minimum atomic E-state index is -0.394. The highest BCUT2D eigenvalue weighted by Gasteiger charge is 2.25. The number of ether oxygens (including phenoxy) is 1. The summed E-state index contributed by atoms with van der Waals surface area (Å²) in [4.78, 5) is 38.7. The lowest BCUT2D eigenvalue weighted by Gasteiger charge is -2.34. The number of hydrogen-bond acceptors (Lipinski definition) is 4. The predicted octanol–water partition coefficient (Wildman–Crippen LogP) is 1.73. The molecule has 0 radical (unpaired) electrons. The molecule has 24 heavy (non-hydrogen) atoms. The summed E-state index contributed by atoms with van der Waals surface area (Å²) in [6.07, 6.45) is 1.12. The van der Waals surface area contributed by atoms with E-state index >= 15 is 0 Å². The van der Waals surface area contributed by atoms with Gasteiger partial charge in [-0.3, -0.25) is 9.59 Å². The topological polar surface area (TPSA) is 79.0 Å². The van der Waals surface area contributed by atoms with Gasteiger partial charge in [-0.25, -0.2) is 4.79 Å². The van der Waals surface area contributed by atoms with Crippen molar-refractivity contribution in [1.82, 2.24) is 9.80 Å². The molecular formula is C17H21N3O4. The van der Waals surface area contributed by atoms with Crippen molar-refractivity contribution in [2.45, 2.75) is 6.92 Å². The van der Waals surface area contributed by atoms with Crippen LogP contribution in [0.15, 0.2) is 36.9 Å². The van der Waals surface area contributed by atoms with Crippen LogP contribution in [-0.4, -0.2) is 60.5 Å². The van der Waals surface area contributed by atoms with Gasteiger partial charge in [0, 0.05) is 44.4 Å². The first-order chi connectivity index (χ1) is 11.5. The first kappa shape index (κ1) is 17.5. The van der Waals surface area contributed by atoms with E-state index in [-0.39, 0.29) is 18.4 Å². The third-order valence-electron chi connectivity index (χ3n) is 3.58. The number of rotatable bonds is 4. The maximum absolute atomic E-state index is 12.6. The fraction of sp³-hybridized carbons (Fsp3) is 0.353. The third kappa shape index (κ3) is 4.58. The molecule has 0 atom stereocenters. The third-order valence-corrected chi connectivity index (χ3v) is 3.58. The molecule has 2 rings (SSSR count). The van der Waals surface area contributed by atoms with E-state index in [1.54, 1.807) is 34.1 Å². The largest absolute Gasteiger partial charge is 0.445 e. The Kier molecular flexibility index (Phi) is 5.95. The summed E-state index contributed by atoms with van der Waals surface area (Å²) in [5.41, 5.74) is 1.09. The number of benzene rings is 1. The van der Waals surface area contributed by atoms with E-state index in [0.717, 1.165) is 0 Å². The van der Waals surface area contributed by atoms with Crippen LogP contribution in [0.5, 0.6) is 0 Å². The molecule has 1 aromatic carbocycles. The molecule has 7 nitrogen and oxygen atoms in total. The number of carbonyl (C=O) groups is 3. The average Bonchev–Trinajstić information content (AvgIpc) is 2.59. The highest BCUT2D eigenvalue weighted by atomic mass is 16.6. The molecule has 0 unspecified atom stereocenters. The molecule has 7 heteroatoms. The molecule has 1 heterocycles. The first-order valence-electron chi connectivity index (χ1n) is 7.71. The first-order valence-corrected chi connectivity index (χ1v) is 7.71. The van der Waals surface area contributed by atoms with Gasteiger partial charge in [0.1, 0.15) is 6.61 Å². The fourth-order valence-corrected chi connectivity index (χ4v) is 2.43. The molecule has 1 aliphatic rings. The van der Waals surface area contributed by atoms with Gasteiger partial charge in [-0.2, -0.15) is 0 Å². The molecule has 128 valence electrons. The second kappa shape index (κ2) is 8.14. The smallest absolute Gasteiger partial charge is 0.410 e. The average molecular weight is 331 g/mol. The van der Waals surface area contributed by atoms with Gasteiger partial charge in [-0.05, 0) is 18.2 Å². The number of anilines is 1. The van der Waals surface area contributed by atoms with Gasteiger partial charge in [0.2, 0.25) is 5.91 Å². The number of nitrogens with one attached hydrogen (secondary N) is 1. The maximum atomic E-state index is 12.6. The van der Waals surface area contributed by atoms with E-state index in [1.165, 1.54) is 13.0 Å². The Morgan fingerprint density at radius 3 is 2.50 bits per heavy atom. The Balaban J connectivity index is 1.94. The van der Waals surface area contributed by atoms with Crippen molar-refractivity contribution in [3.05, 3.63) is 42.5 Å². The molecule has 1 aromatic rings. The van der Waals surface area contributed by atoms with Crippen LogP contribution < -0.4 is 5.32 Å². The zero-order valence-electron chi connectivity index (χ0n) is 13.7. The van der Waals surface area contributed by atoms with Crippen molar-refractivity contribution in [2.75, 3.05) is 38.1 Å². The highest BCUT2D eigenvalue weighted by molar-refractivity contribution is 5.97. The van der Waals surface area contributed by atoms with E-state index < -0.39 is 6.09 Å². The van der Waals surface area contributed by atoms with Crippen LogP contribution in [0.25, 0.3) is 0 Å². The molecule has 0 aliphatic carbocycles. The maximum Gasteiger partial charge on any atom is 0.410 e. The van der Waals surface area contributed by atoms with Crippen molar-refractivity contribution in [2.24, 2.45) is 0 Å². The molecule has 0 spiro atoms.